The molecule has 0 bridgehead atoms. The van der Waals surface area contributed by atoms with Crippen molar-refractivity contribution in [1.29, 1.82) is 0 Å². The van der Waals surface area contributed by atoms with Crippen molar-refractivity contribution >= 4 is 19.5 Å². The first kappa shape index (κ1) is 29.8. The zero-order chi connectivity index (χ0) is 27.5. The molecule has 1 saturated heterocycles. The first-order valence-corrected chi connectivity index (χ1v) is 14.3. The lowest BCUT2D eigenvalue weighted by Gasteiger charge is -2.24. The topological polar surface area (TPSA) is 153 Å². The Morgan fingerprint density at radius 1 is 1.24 bits per heavy atom. The lowest BCUT2D eigenvalue weighted by Crippen LogP contribution is -2.36. The van der Waals surface area contributed by atoms with Crippen molar-refractivity contribution < 1.29 is 32.6 Å². The van der Waals surface area contributed by atoms with Gasteiger partial charge in [0, 0.05) is 6.20 Å². The van der Waals surface area contributed by atoms with Crippen molar-refractivity contribution in [2.45, 2.75) is 65.0 Å². The molecule has 1 aromatic heterocycles. The lowest BCUT2D eigenvalue weighted by atomic mass is 9.99. The van der Waals surface area contributed by atoms with Crippen LogP contribution in [0.2, 0.25) is 0 Å². The molecule has 3 N–H and O–H groups in total. The number of nitrogens with one attached hydrogen (secondary N) is 1. The van der Waals surface area contributed by atoms with Crippen LogP contribution >= 0.6 is 7.75 Å². The Balaban J connectivity index is 1.62. The molecular formula is C25H37N4O8P. The number of esters is 1. The predicted molar refractivity (Wildman–Crippen MR) is 140 cm³/mol. The quantitative estimate of drug-likeness (QED) is 0.246. The molecule has 0 radical (unpaired) electrons. The van der Waals surface area contributed by atoms with Crippen LogP contribution in [0, 0.1) is 5.92 Å². The maximum absolute atomic E-state index is 13.7. The SMILES string of the molecule is CCCC(CCC)COC(=O)C(C)NP(=O)(OC[C@H]1OC[C@@H](n2ccc(N)nc2=O)O1)Oc1ccccc1. The van der Waals surface area contributed by atoms with E-state index in [0.29, 0.717) is 6.61 Å². The van der Waals surface area contributed by atoms with Gasteiger partial charge in [-0.3, -0.25) is 13.9 Å². The van der Waals surface area contributed by atoms with Crippen LogP contribution in [0.4, 0.5) is 5.82 Å². The van der Waals surface area contributed by atoms with Gasteiger partial charge in [0.25, 0.3) is 0 Å². The van der Waals surface area contributed by atoms with E-state index in [9.17, 15) is 14.2 Å². The van der Waals surface area contributed by atoms with Crippen molar-refractivity contribution in [2.75, 3.05) is 25.6 Å². The van der Waals surface area contributed by atoms with Gasteiger partial charge < -0.3 is 24.5 Å². The molecule has 38 heavy (non-hydrogen) atoms. The maximum atomic E-state index is 13.7. The highest BCUT2D eigenvalue weighted by atomic mass is 31.2. The molecule has 2 heterocycles. The average Bonchev–Trinajstić information content (AvgIpc) is 3.35. The summed E-state index contributed by atoms with van der Waals surface area (Å²) in [6.45, 7) is 5.74. The minimum absolute atomic E-state index is 0.0379. The van der Waals surface area contributed by atoms with E-state index in [1.807, 2.05) is 0 Å². The van der Waals surface area contributed by atoms with Crippen molar-refractivity contribution in [1.82, 2.24) is 14.6 Å². The fourth-order valence-electron chi connectivity index (χ4n) is 3.93. The number of hydrogen-bond donors (Lipinski definition) is 2. The van der Waals surface area contributed by atoms with E-state index < -0.39 is 38.0 Å². The van der Waals surface area contributed by atoms with Gasteiger partial charge in [-0.1, -0.05) is 44.9 Å². The van der Waals surface area contributed by atoms with Gasteiger partial charge in [-0.05, 0) is 43.9 Å². The summed E-state index contributed by atoms with van der Waals surface area (Å²) in [6.07, 6.45) is 3.65. The summed E-state index contributed by atoms with van der Waals surface area (Å²) in [6, 6.07) is 8.92. The molecule has 1 fully saturated rings. The van der Waals surface area contributed by atoms with Crippen LogP contribution in [0.3, 0.4) is 0 Å². The molecule has 13 heteroatoms. The van der Waals surface area contributed by atoms with Crippen LogP contribution in [0.15, 0.2) is 47.4 Å². The van der Waals surface area contributed by atoms with E-state index in [0.717, 1.165) is 25.7 Å². The number of nitrogen functional groups attached to an aromatic ring is 1. The Morgan fingerprint density at radius 2 is 1.95 bits per heavy atom. The largest absolute Gasteiger partial charge is 0.464 e. The fourth-order valence-corrected chi connectivity index (χ4v) is 5.41. The number of carbonyl (C=O) groups excluding carboxylic acids is 1. The molecule has 0 saturated carbocycles. The van der Waals surface area contributed by atoms with Crippen molar-refractivity contribution in [2.24, 2.45) is 5.92 Å². The monoisotopic (exact) mass is 552 g/mol. The highest BCUT2D eigenvalue weighted by Crippen LogP contribution is 2.45. The normalized spacial score (nSPS) is 19.7. The van der Waals surface area contributed by atoms with Crippen LogP contribution in [0.25, 0.3) is 0 Å². The molecule has 3 rings (SSSR count). The third-order valence-electron chi connectivity index (χ3n) is 5.81. The second kappa shape index (κ2) is 14.4. The summed E-state index contributed by atoms with van der Waals surface area (Å²) in [5.74, 6) is 0.0824. The van der Waals surface area contributed by atoms with E-state index >= 15 is 0 Å². The van der Waals surface area contributed by atoms with Gasteiger partial charge in [-0.15, -0.1) is 0 Å². The summed E-state index contributed by atoms with van der Waals surface area (Å²) < 4.78 is 43.0. The summed E-state index contributed by atoms with van der Waals surface area (Å²) in [4.78, 5) is 28.5. The van der Waals surface area contributed by atoms with Crippen LogP contribution in [-0.2, 0) is 28.1 Å². The van der Waals surface area contributed by atoms with E-state index in [4.69, 9.17) is 29.0 Å². The number of hydrogen-bond acceptors (Lipinski definition) is 10. The number of benzene rings is 1. The number of ether oxygens (including phenoxy) is 3. The minimum Gasteiger partial charge on any atom is -0.464 e. The van der Waals surface area contributed by atoms with Crippen LogP contribution < -0.4 is 21.0 Å². The third kappa shape index (κ3) is 8.92. The van der Waals surface area contributed by atoms with E-state index in [1.54, 1.807) is 30.3 Å². The molecule has 0 aliphatic carbocycles. The van der Waals surface area contributed by atoms with Crippen LogP contribution in [0.5, 0.6) is 5.75 Å². The molecule has 4 atom stereocenters. The molecule has 1 aromatic carbocycles. The zero-order valence-corrected chi connectivity index (χ0v) is 22.9. The Bertz CT molecular complexity index is 1130. The molecule has 2 aromatic rings. The number of anilines is 1. The number of para-hydroxylation sites is 1. The molecule has 1 aliphatic heterocycles. The second-order valence-corrected chi connectivity index (χ2v) is 10.7. The maximum Gasteiger partial charge on any atom is 0.459 e. The lowest BCUT2D eigenvalue weighted by molar-refractivity contribution is -0.146. The van der Waals surface area contributed by atoms with Gasteiger partial charge in [0.2, 0.25) is 0 Å². The average molecular weight is 553 g/mol. The molecule has 0 spiro atoms. The highest BCUT2D eigenvalue weighted by molar-refractivity contribution is 7.52. The van der Waals surface area contributed by atoms with Crippen LogP contribution in [0.1, 0.15) is 52.7 Å². The summed E-state index contributed by atoms with van der Waals surface area (Å²) in [7, 11) is -4.09. The fraction of sp³-hybridized carbons (Fsp3) is 0.560. The molecule has 210 valence electrons. The summed E-state index contributed by atoms with van der Waals surface area (Å²) in [5.41, 5.74) is 4.94. The van der Waals surface area contributed by atoms with Crippen molar-refractivity contribution in [3.8, 4) is 5.75 Å². The Morgan fingerprint density at radius 3 is 2.61 bits per heavy atom. The number of nitrogens with two attached hydrogens (primary N) is 1. The molecule has 2 unspecified atom stereocenters. The van der Waals surface area contributed by atoms with Gasteiger partial charge >= 0.3 is 19.4 Å². The smallest absolute Gasteiger partial charge is 0.459 e. The summed E-state index contributed by atoms with van der Waals surface area (Å²) >= 11 is 0. The second-order valence-electron chi connectivity index (χ2n) is 9.02. The highest BCUT2D eigenvalue weighted by Gasteiger charge is 2.36. The van der Waals surface area contributed by atoms with E-state index in [1.165, 1.54) is 23.8 Å². The number of rotatable bonds is 15. The van der Waals surface area contributed by atoms with Gasteiger partial charge in [0.1, 0.15) is 24.2 Å². The van der Waals surface area contributed by atoms with Gasteiger partial charge in [-0.2, -0.15) is 10.1 Å². The number of aromatic nitrogens is 2. The van der Waals surface area contributed by atoms with Crippen LogP contribution in [-0.4, -0.2) is 47.7 Å². The van der Waals surface area contributed by atoms with E-state index in [-0.39, 0.29) is 30.7 Å². The predicted octanol–water partition coefficient (Wildman–Crippen LogP) is 3.64. The van der Waals surface area contributed by atoms with Crippen molar-refractivity contribution in [3.05, 3.63) is 53.1 Å². The third-order valence-corrected chi connectivity index (χ3v) is 7.45. The van der Waals surface area contributed by atoms with E-state index in [2.05, 4.69) is 23.9 Å². The van der Waals surface area contributed by atoms with Crippen molar-refractivity contribution in [3.63, 3.8) is 0 Å². The van der Waals surface area contributed by atoms with Gasteiger partial charge in [0.05, 0.1) is 13.2 Å². The van der Waals surface area contributed by atoms with Gasteiger partial charge in [-0.25, -0.2) is 9.36 Å². The first-order valence-electron chi connectivity index (χ1n) is 12.8. The van der Waals surface area contributed by atoms with Gasteiger partial charge in [0.15, 0.2) is 12.5 Å². The molecular weight excluding hydrogens is 515 g/mol. The summed E-state index contributed by atoms with van der Waals surface area (Å²) in [5, 5.41) is 2.66. The molecule has 0 amide bonds. The zero-order valence-electron chi connectivity index (χ0n) is 22.0. The molecule has 1 aliphatic rings. The molecule has 12 nitrogen and oxygen atoms in total. The Hall–Kier alpha value is -2.76. The Kier molecular flexibility index (Phi) is 11.3. The number of carbonyl (C=O) groups is 1. The standard InChI is InChI=1S/C25H37N4O8P/c1-4-9-19(10-5-2)15-34-24(30)18(3)28-38(32,37-20-11-7-6-8-12-20)35-17-23-33-16-22(36-23)29-14-13-21(26)27-25(29)31/h6-8,11-14,18-19,22-23H,4-5,9-10,15-17H2,1-3H3,(H,28,32)(H2,26,27,31)/t18?,22-,23-,38?/m0/s1. The Labute approximate surface area is 222 Å². The first-order chi connectivity index (χ1) is 18.2. The number of nitrogens with zero attached hydrogens (tertiary/aromatic N) is 2. The minimum atomic E-state index is -4.09.